The lowest BCUT2D eigenvalue weighted by Gasteiger charge is -2.15. The molecule has 18 heavy (non-hydrogen) atoms. The van der Waals surface area contributed by atoms with E-state index in [9.17, 15) is 4.79 Å². The average Bonchev–Trinajstić information content (AvgIpc) is 2.54. The average molecular weight is 285 g/mol. The molecule has 1 saturated carbocycles. The maximum absolute atomic E-state index is 11.9. The van der Waals surface area contributed by atoms with Crippen LogP contribution < -0.4 is 0 Å². The Morgan fingerprint density at radius 1 is 1.39 bits per heavy atom. The summed E-state index contributed by atoms with van der Waals surface area (Å²) in [4.78, 5) is 15.9. The summed E-state index contributed by atoms with van der Waals surface area (Å²) in [7, 11) is 0. The van der Waals surface area contributed by atoms with E-state index in [0.717, 1.165) is 27.4 Å². The number of hydrogen-bond acceptors (Lipinski definition) is 4. The quantitative estimate of drug-likeness (QED) is 0.520. The van der Waals surface area contributed by atoms with Crippen LogP contribution in [-0.2, 0) is 16.0 Å². The van der Waals surface area contributed by atoms with Crippen LogP contribution >= 0.6 is 23.6 Å². The first kappa shape index (κ1) is 13.7. The second-order valence-corrected chi connectivity index (χ2v) is 6.61. The first-order chi connectivity index (χ1) is 8.65. The molecular formula is C13H19NO2S2. The molecule has 1 heterocycles. The first-order valence-corrected chi connectivity index (χ1v) is 7.75. The molecule has 0 radical (unpaired) electrons. The topological polar surface area (TPSA) is 42.1 Å². The van der Waals surface area contributed by atoms with Crippen molar-refractivity contribution >= 4 is 29.5 Å². The van der Waals surface area contributed by atoms with Gasteiger partial charge in [-0.25, -0.2) is 0 Å². The summed E-state index contributed by atoms with van der Waals surface area (Å²) in [5.41, 5.74) is 0.989. The van der Waals surface area contributed by atoms with Gasteiger partial charge in [0.05, 0.1) is 6.42 Å². The molecule has 1 aromatic rings. The second kappa shape index (κ2) is 6.48. The summed E-state index contributed by atoms with van der Waals surface area (Å²) in [6, 6.07) is 0. The van der Waals surface area contributed by atoms with Crippen LogP contribution in [0.1, 0.15) is 49.1 Å². The summed E-state index contributed by atoms with van der Waals surface area (Å²) in [5, 5.41) is 0. The Hall–Kier alpha value is -0.680. The molecule has 3 nitrogen and oxygen atoms in total. The number of nitrogens with one attached hydrogen (secondary N) is 1. The fraction of sp³-hybridized carbons (Fsp3) is 0.692. The highest BCUT2D eigenvalue weighted by Gasteiger charge is 2.18. The molecule has 100 valence electrons. The van der Waals surface area contributed by atoms with Gasteiger partial charge in [-0.3, -0.25) is 4.79 Å². The maximum atomic E-state index is 11.9. The van der Waals surface area contributed by atoms with Gasteiger partial charge in [0.1, 0.15) is 6.10 Å². The van der Waals surface area contributed by atoms with Gasteiger partial charge < -0.3 is 9.72 Å². The van der Waals surface area contributed by atoms with E-state index in [1.165, 1.54) is 37.0 Å². The van der Waals surface area contributed by atoms with E-state index in [0.29, 0.717) is 6.42 Å². The van der Waals surface area contributed by atoms with Gasteiger partial charge in [0.2, 0.25) is 0 Å². The summed E-state index contributed by atoms with van der Waals surface area (Å²) in [6.07, 6.45) is 7.42. The van der Waals surface area contributed by atoms with Crippen LogP contribution in [0.3, 0.4) is 0 Å². The first-order valence-electron chi connectivity index (χ1n) is 6.53. The van der Waals surface area contributed by atoms with Gasteiger partial charge in [0.15, 0.2) is 3.95 Å². The number of thiazole rings is 1. The number of hydrogen-bond donors (Lipinski definition) is 1. The van der Waals surface area contributed by atoms with Crippen LogP contribution in [0.4, 0.5) is 0 Å². The molecule has 0 bridgehead atoms. The minimum Gasteiger partial charge on any atom is -0.462 e. The Bertz CT molecular complexity index is 456. The van der Waals surface area contributed by atoms with Gasteiger partial charge in [0, 0.05) is 10.6 Å². The predicted octanol–water partition coefficient (Wildman–Crippen LogP) is 3.92. The van der Waals surface area contributed by atoms with Gasteiger partial charge in [-0.15, -0.1) is 11.3 Å². The van der Waals surface area contributed by atoms with Crippen molar-refractivity contribution in [3.8, 4) is 0 Å². The zero-order valence-corrected chi connectivity index (χ0v) is 12.3. The molecule has 0 unspecified atom stereocenters. The van der Waals surface area contributed by atoms with Crippen LogP contribution in [0.25, 0.3) is 0 Å². The summed E-state index contributed by atoms with van der Waals surface area (Å²) in [6.45, 7) is 1.95. The van der Waals surface area contributed by atoms with Crippen LogP contribution in [0, 0.1) is 10.9 Å². The van der Waals surface area contributed by atoms with Crippen molar-refractivity contribution in [2.45, 2.75) is 58.0 Å². The third kappa shape index (κ3) is 3.92. The predicted molar refractivity (Wildman–Crippen MR) is 75.5 cm³/mol. The normalized spacial score (nSPS) is 17.4. The zero-order valence-electron chi connectivity index (χ0n) is 10.7. The number of aromatic nitrogens is 1. The number of aryl methyl sites for hydroxylation is 1. The number of carbonyl (C=O) groups is 1. The highest BCUT2D eigenvalue weighted by Crippen LogP contribution is 2.21. The molecule has 1 N–H and O–H groups in total. The van der Waals surface area contributed by atoms with E-state index in [-0.39, 0.29) is 12.1 Å². The lowest BCUT2D eigenvalue weighted by molar-refractivity contribution is -0.148. The smallest absolute Gasteiger partial charge is 0.311 e. The van der Waals surface area contributed by atoms with Crippen molar-refractivity contribution in [2.75, 3.05) is 0 Å². The van der Waals surface area contributed by atoms with Gasteiger partial charge in [0.25, 0.3) is 0 Å². The maximum Gasteiger partial charge on any atom is 0.311 e. The van der Waals surface area contributed by atoms with Crippen molar-refractivity contribution in [1.82, 2.24) is 4.98 Å². The number of esters is 1. The third-order valence-electron chi connectivity index (χ3n) is 3.33. The molecule has 0 atom stereocenters. The minimum atomic E-state index is -0.116. The number of rotatable bonds is 3. The van der Waals surface area contributed by atoms with Crippen LogP contribution in [-0.4, -0.2) is 17.1 Å². The molecule has 0 amide bonds. The van der Waals surface area contributed by atoms with Crippen LogP contribution in [0.15, 0.2) is 0 Å². The lowest BCUT2D eigenvalue weighted by Crippen LogP contribution is -2.18. The van der Waals surface area contributed by atoms with E-state index in [1.807, 2.05) is 6.92 Å². The molecule has 1 aromatic heterocycles. The highest BCUT2D eigenvalue weighted by atomic mass is 32.1. The molecule has 2 rings (SSSR count). The lowest BCUT2D eigenvalue weighted by atomic mass is 10.1. The number of aromatic amines is 1. The molecule has 1 aliphatic rings. The summed E-state index contributed by atoms with van der Waals surface area (Å²) < 4.78 is 6.29. The summed E-state index contributed by atoms with van der Waals surface area (Å²) >= 11 is 6.53. The molecule has 5 heteroatoms. The zero-order chi connectivity index (χ0) is 13.0. The molecular weight excluding hydrogens is 266 g/mol. The van der Waals surface area contributed by atoms with Crippen LogP contribution in [0.5, 0.6) is 0 Å². The fourth-order valence-electron chi connectivity index (χ4n) is 2.32. The van der Waals surface area contributed by atoms with Gasteiger partial charge in [-0.2, -0.15) is 0 Å². The Morgan fingerprint density at radius 3 is 2.61 bits per heavy atom. The minimum absolute atomic E-state index is 0.116. The Kier molecular flexibility index (Phi) is 4.95. The fourth-order valence-corrected chi connectivity index (χ4v) is 3.60. The van der Waals surface area contributed by atoms with Crippen molar-refractivity contribution in [1.29, 1.82) is 0 Å². The molecule has 1 fully saturated rings. The van der Waals surface area contributed by atoms with E-state index >= 15 is 0 Å². The molecule has 1 aliphatic carbocycles. The largest absolute Gasteiger partial charge is 0.462 e. The van der Waals surface area contributed by atoms with Gasteiger partial charge >= 0.3 is 5.97 Å². The number of carbonyl (C=O) groups excluding carboxylic acids is 1. The SMILES string of the molecule is Cc1[nH]c(=S)sc1CC(=O)OC1CCCCCC1. The van der Waals surface area contributed by atoms with Crippen molar-refractivity contribution in [3.05, 3.63) is 14.5 Å². The van der Waals surface area contributed by atoms with Crippen molar-refractivity contribution in [3.63, 3.8) is 0 Å². The van der Waals surface area contributed by atoms with E-state index < -0.39 is 0 Å². The van der Waals surface area contributed by atoms with Gasteiger partial charge in [-0.1, -0.05) is 12.8 Å². The molecule has 0 aromatic carbocycles. The van der Waals surface area contributed by atoms with Crippen molar-refractivity contribution in [2.24, 2.45) is 0 Å². The Balaban J connectivity index is 1.88. The van der Waals surface area contributed by atoms with Crippen LogP contribution in [0.2, 0.25) is 0 Å². The summed E-state index contributed by atoms with van der Waals surface area (Å²) in [5.74, 6) is -0.116. The standard InChI is InChI=1S/C13H19NO2S2/c1-9-11(18-13(17)14-9)8-12(15)16-10-6-4-2-3-5-7-10/h10H,2-8H2,1H3,(H,14,17). The van der Waals surface area contributed by atoms with E-state index in [1.54, 1.807) is 0 Å². The van der Waals surface area contributed by atoms with E-state index in [4.69, 9.17) is 17.0 Å². The number of H-pyrrole nitrogens is 1. The number of ether oxygens (including phenoxy) is 1. The molecule has 0 saturated heterocycles. The second-order valence-electron chi connectivity index (χ2n) is 4.84. The Labute approximate surface area is 117 Å². The third-order valence-corrected chi connectivity index (χ3v) is 4.67. The van der Waals surface area contributed by atoms with Crippen molar-refractivity contribution < 1.29 is 9.53 Å². The highest BCUT2D eigenvalue weighted by molar-refractivity contribution is 7.73. The molecule has 0 aliphatic heterocycles. The Morgan fingerprint density at radius 2 is 2.06 bits per heavy atom. The molecule has 0 spiro atoms. The van der Waals surface area contributed by atoms with E-state index in [2.05, 4.69) is 4.98 Å². The van der Waals surface area contributed by atoms with Gasteiger partial charge in [-0.05, 0) is 44.8 Å². The monoisotopic (exact) mass is 285 g/mol.